The smallest absolute Gasteiger partial charge is 0.123 e. The lowest BCUT2D eigenvalue weighted by molar-refractivity contribution is 0.0685. The van der Waals surface area contributed by atoms with Gasteiger partial charge >= 0.3 is 0 Å². The first-order valence-corrected chi connectivity index (χ1v) is 7.93. The van der Waals surface area contributed by atoms with Gasteiger partial charge in [-0.3, -0.25) is 0 Å². The number of rotatable bonds is 6. The predicted molar refractivity (Wildman–Crippen MR) is 85.3 cm³/mol. The van der Waals surface area contributed by atoms with E-state index in [1.54, 1.807) is 12.1 Å². The van der Waals surface area contributed by atoms with Crippen LogP contribution in [0.3, 0.4) is 0 Å². The summed E-state index contributed by atoms with van der Waals surface area (Å²) in [6.45, 7) is 7.76. The molecule has 0 radical (unpaired) electrons. The highest BCUT2D eigenvalue weighted by molar-refractivity contribution is 5.54. The Labute approximate surface area is 127 Å². The molecule has 1 heterocycles. The quantitative estimate of drug-likeness (QED) is 0.870. The Hall–Kier alpha value is -1.13. The summed E-state index contributed by atoms with van der Waals surface area (Å²) in [6, 6.07) is 5.26. The van der Waals surface area contributed by atoms with Gasteiger partial charge in [-0.2, -0.15) is 0 Å². The number of hydrogen-bond donors (Lipinski definition) is 1. The minimum Gasteiger partial charge on any atom is -0.381 e. The first-order chi connectivity index (χ1) is 10.1. The molecule has 1 atom stereocenters. The van der Waals surface area contributed by atoms with Gasteiger partial charge in [0.15, 0.2) is 0 Å². The zero-order valence-corrected chi connectivity index (χ0v) is 13.4. The standard InChI is InChI=1S/C17H27FN2O/c1-4-19-13(2)16-11-15(18)5-6-17(16)20(3)12-14-7-9-21-10-8-14/h5-6,11,13-14,19H,4,7-10,12H2,1-3H3. The highest BCUT2D eigenvalue weighted by Gasteiger charge is 2.19. The third-order valence-corrected chi connectivity index (χ3v) is 4.25. The number of hydrogen-bond acceptors (Lipinski definition) is 3. The Morgan fingerprint density at radius 2 is 2.10 bits per heavy atom. The summed E-state index contributed by atoms with van der Waals surface area (Å²) in [5.74, 6) is 0.495. The van der Waals surface area contributed by atoms with E-state index in [1.807, 2.05) is 6.07 Å². The Bertz CT molecular complexity index is 446. The topological polar surface area (TPSA) is 24.5 Å². The molecule has 0 aromatic heterocycles. The molecule has 1 aliphatic heterocycles. The van der Waals surface area contributed by atoms with Crippen LogP contribution in [0, 0.1) is 11.7 Å². The van der Waals surface area contributed by atoms with Crippen molar-refractivity contribution >= 4 is 5.69 Å². The fraction of sp³-hybridized carbons (Fsp3) is 0.647. The van der Waals surface area contributed by atoms with E-state index >= 15 is 0 Å². The monoisotopic (exact) mass is 294 g/mol. The van der Waals surface area contributed by atoms with Crippen molar-refractivity contribution in [3.05, 3.63) is 29.6 Å². The van der Waals surface area contributed by atoms with Crippen molar-refractivity contribution in [1.82, 2.24) is 5.32 Å². The van der Waals surface area contributed by atoms with Crippen LogP contribution in [-0.2, 0) is 4.74 Å². The van der Waals surface area contributed by atoms with E-state index in [0.717, 1.165) is 50.4 Å². The fourth-order valence-electron chi connectivity index (χ4n) is 3.05. The van der Waals surface area contributed by atoms with Crippen LogP contribution in [0.15, 0.2) is 18.2 Å². The Morgan fingerprint density at radius 3 is 2.76 bits per heavy atom. The molecule has 1 unspecified atom stereocenters. The molecular weight excluding hydrogens is 267 g/mol. The van der Waals surface area contributed by atoms with Crippen LogP contribution >= 0.6 is 0 Å². The summed E-state index contributed by atoms with van der Waals surface area (Å²) >= 11 is 0. The normalized spacial score (nSPS) is 17.7. The molecule has 0 spiro atoms. The second-order valence-electron chi connectivity index (χ2n) is 5.92. The van der Waals surface area contributed by atoms with Crippen LogP contribution < -0.4 is 10.2 Å². The van der Waals surface area contributed by atoms with E-state index in [9.17, 15) is 4.39 Å². The molecule has 1 aliphatic rings. The predicted octanol–water partition coefficient (Wildman–Crippen LogP) is 3.36. The van der Waals surface area contributed by atoms with Gasteiger partial charge in [-0.15, -0.1) is 0 Å². The van der Waals surface area contributed by atoms with Crippen LogP contribution in [0.1, 0.15) is 38.3 Å². The van der Waals surface area contributed by atoms with E-state index in [1.165, 1.54) is 0 Å². The molecule has 1 saturated heterocycles. The Balaban J connectivity index is 2.12. The molecular formula is C17H27FN2O. The number of benzene rings is 1. The van der Waals surface area contributed by atoms with Crippen molar-refractivity contribution < 1.29 is 9.13 Å². The van der Waals surface area contributed by atoms with Crippen LogP contribution in [0.4, 0.5) is 10.1 Å². The third-order valence-electron chi connectivity index (χ3n) is 4.25. The first kappa shape index (κ1) is 16.2. The number of anilines is 1. The van der Waals surface area contributed by atoms with Crippen LogP contribution in [0.2, 0.25) is 0 Å². The van der Waals surface area contributed by atoms with Crippen molar-refractivity contribution in [3.8, 4) is 0 Å². The molecule has 1 aromatic carbocycles. The summed E-state index contributed by atoms with van der Waals surface area (Å²) in [7, 11) is 2.10. The second-order valence-corrected chi connectivity index (χ2v) is 5.92. The van der Waals surface area contributed by atoms with Gasteiger partial charge < -0.3 is 15.0 Å². The lowest BCUT2D eigenvalue weighted by Crippen LogP contribution is -2.31. The molecule has 4 heteroatoms. The third kappa shape index (κ3) is 4.42. The molecule has 3 nitrogen and oxygen atoms in total. The van der Waals surface area contributed by atoms with Crippen LogP contribution in [0.5, 0.6) is 0 Å². The van der Waals surface area contributed by atoms with Crippen molar-refractivity contribution in [2.45, 2.75) is 32.7 Å². The van der Waals surface area contributed by atoms with Gasteiger partial charge in [0.1, 0.15) is 5.82 Å². The molecule has 1 aromatic rings. The molecule has 0 bridgehead atoms. The molecule has 0 aliphatic carbocycles. The largest absolute Gasteiger partial charge is 0.381 e. The van der Waals surface area contributed by atoms with Gasteiger partial charge in [-0.1, -0.05) is 6.92 Å². The summed E-state index contributed by atoms with van der Waals surface area (Å²) in [6.07, 6.45) is 2.23. The molecule has 0 amide bonds. The maximum Gasteiger partial charge on any atom is 0.123 e. The minimum absolute atomic E-state index is 0.151. The lowest BCUT2D eigenvalue weighted by Gasteiger charge is -2.31. The number of nitrogens with zero attached hydrogens (tertiary/aromatic N) is 1. The van der Waals surface area contributed by atoms with Gasteiger partial charge in [0, 0.05) is 38.5 Å². The van der Waals surface area contributed by atoms with Crippen molar-refractivity contribution in [1.29, 1.82) is 0 Å². The lowest BCUT2D eigenvalue weighted by atomic mass is 9.98. The maximum atomic E-state index is 13.6. The highest BCUT2D eigenvalue weighted by atomic mass is 19.1. The highest BCUT2D eigenvalue weighted by Crippen LogP contribution is 2.28. The number of nitrogens with one attached hydrogen (secondary N) is 1. The summed E-state index contributed by atoms with van der Waals surface area (Å²) in [5.41, 5.74) is 2.16. The molecule has 21 heavy (non-hydrogen) atoms. The van der Waals surface area contributed by atoms with Crippen molar-refractivity contribution in [2.75, 3.05) is 38.3 Å². The first-order valence-electron chi connectivity index (χ1n) is 7.93. The van der Waals surface area contributed by atoms with E-state index in [0.29, 0.717) is 5.92 Å². The van der Waals surface area contributed by atoms with Crippen LogP contribution in [-0.4, -0.2) is 33.4 Å². The number of halogens is 1. The van der Waals surface area contributed by atoms with Gasteiger partial charge in [0.25, 0.3) is 0 Å². The van der Waals surface area contributed by atoms with Gasteiger partial charge in [0.05, 0.1) is 0 Å². The summed E-state index contributed by atoms with van der Waals surface area (Å²) in [5, 5.41) is 3.37. The van der Waals surface area contributed by atoms with E-state index in [2.05, 4.69) is 31.1 Å². The van der Waals surface area contributed by atoms with E-state index in [4.69, 9.17) is 4.74 Å². The molecule has 1 N–H and O–H groups in total. The zero-order valence-electron chi connectivity index (χ0n) is 13.4. The summed E-state index contributed by atoms with van der Waals surface area (Å²) < 4.78 is 19.0. The van der Waals surface area contributed by atoms with Gasteiger partial charge in [-0.05, 0) is 56.0 Å². The Morgan fingerprint density at radius 1 is 1.38 bits per heavy atom. The van der Waals surface area contributed by atoms with Crippen molar-refractivity contribution in [2.24, 2.45) is 5.92 Å². The van der Waals surface area contributed by atoms with Gasteiger partial charge in [-0.25, -0.2) is 4.39 Å². The molecule has 2 rings (SSSR count). The SMILES string of the molecule is CCNC(C)c1cc(F)ccc1N(C)CC1CCOCC1. The average Bonchev–Trinajstić information content (AvgIpc) is 2.48. The van der Waals surface area contributed by atoms with Gasteiger partial charge in [0.2, 0.25) is 0 Å². The van der Waals surface area contributed by atoms with E-state index < -0.39 is 0 Å². The average molecular weight is 294 g/mol. The van der Waals surface area contributed by atoms with Crippen molar-refractivity contribution in [3.63, 3.8) is 0 Å². The van der Waals surface area contributed by atoms with Crippen LogP contribution in [0.25, 0.3) is 0 Å². The second kappa shape index (κ2) is 7.76. The number of ether oxygens (including phenoxy) is 1. The van der Waals surface area contributed by atoms with E-state index in [-0.39, 0.29) is 11.9 Å². The Kier molecular flexibility index (Phi) is 6.00. The minimum atomic E-state index is -0.169. The maximum absolute atomic E-state index is 13.6. The fourth-order valence-corrected chi connectivity index (χ4v) is 3.05. The summed E-state index contributed by atoms with van der Waals surface area (Å²) in [4.78, 5) is 2.26. The molecule has 118 valence electrons. The molecule has 1 fully saturated rings. The molecule has 0 saturated carbocycles. The zero-order chi connectivity index (χ0) is 15.2.